The number of H-pyrrole nitrogens is 1. The predicted molar refractivity (Wildman–Crippen MR) is 119 cm³/mol. The number of hydrogen-bond donors (Lipinski definition) is 2. The summed E-state index contributed by atoms with van der Waals surface area (Å²) in [5.74, 6) is 2.09. The topological polar surface area (TPSA) is 74.3 Å². The lowest BCUT2D eigenvalue weighted by molar-refractivity contribution is 0.195. The highest BCUT2D eigenvalue weighted by Gasteiger charge is 2.31. The number of aliphatic hydroxyl groups excluding tert-OH is 1. The molecule has 0 saturated heterocycles. The van der Waals surface area contributed by atoms with Crippen molar-refractivity contribution >= 4 is 45.7 Å². The Hall–Kier alpha value is -2.80. The van der Waals surface area contributed by atoms with E-state index in [-0.39, 0.29) is 12.6 Å². The van der Waals surface area contributed by atoms with Crippen LogP contribution in [0.15, 0.2) is 48.7 Å². The minimum Gasteiger partial charge on any atom is -0.488 e. The summed E-state index contributed by atoms with van der Waals surface area (Å²) in [6.07, 6.45) is 1.81. The van der Waals surface area contributed by atoms with Gasteiger partial charge in [0.15, 0.2) is 5.75 Å². The number of nitrogens with zero attached hydrogens (tertiary/aromatic N) is 3. The van der Waals surface area contributed by atoms with Crippen LogP contribution in [0.4, 0.5) is 11.5 Å². The number of aromatic nitrogens is 3. The molecular formula is C22H18Cl2N4O2. The van der Waals surface area contributed by atoms with E-state index in [9.17, 15) is 5.11 Å². The number of ether oxygens (including phenoxy) is 1. The Balaban J connectivity index is 1.65. The highest BCUT2D eigenvalue weighted by atomic mass is 35.5. The molecule has 0 amide bonds. The van der Waals surface area contributed by atoms with Crippen LogP contribution >= 0.6 is 23.2 Å². The first-order valence-corrected chi connectivity index (χ1v) is 10.2. The molecule has 1 aliphatic rings. The quantitative estimate of drug-likeness (QED) is 0.461. The molecule has 6 nitrogen and oxygen atoms in total. The number of pyridine rings is 1. The van der Waals surface area contributed by atoms with Gasteiger partial charge in [0.25, 0.3) is 0 Å². The van der Waals surface area contributed by atoms with Crippen LogP contribution < -0.4 is 9.64 Å². The van der Waals surface area contributed by atoms with E-state index in [4.69, 9.17) is 27.9 Å². The predicted octanol–water partition coefficient (Wildman–Crippen LogP) is 5.13. The van der Waals surface area contributed by atoms with Crippen molar-refractivity contribution in [1.29, 1.82) is 0 Å². The van der Waals surface area contributed by atoms with Crippen LogP contribution in [0, 0.1) is 6.92 Å². The maximum Gasteiger partial charge on any atom is 0.154 e. The number of nitrogens with one attached hydrogen (secondary N) is 1. The molecule has 1 unspecified atom stereocenters. The van der Waals surface area contributed by atoms with Crippen LogP contribution in [0.5, 0.6) is 5.75 Å². The molecule has 0 saturated carbocycles. The number of benzene rings is 2. The van der Waals surface area contributed by atoms with Crippen molar-refractivity contribution in [2.45, 2.75) is 13.0 Å². The van der Waals surface area contributed by atoms with E-state index in [1.807, 2.05) is 48.4 Å². The Morgan fingerprint density at radius 2 is 2.03 bits per heavy atom. The third-order valence-electron chi connectivity index (χ3n) is 5.17. The molecule has 8 heteroatoms. The highest BCUT2D eigenvalue weighted by Crippen LogP contribution is 2.44. The third-order valence-corrected chi connectivity index (χ3v) is 5.89. The Labute approximate surface area is 183 Å². The number of aryl methyl sites for hydroxylation is 1. The normalized spacial score (nSPS) is 15.9. The number of aliphatic hydroxyl groups is 1. The maximum atomic E-state index is 9.94. The molecule has 4 aromatic rings. The lowest BCUT2D eigenvalue weighted by atomic mass is 10.1. The average Bonchev–Trinajstić information content (AvgIpc) is 3.16. The van der Waals surface area contributed by atoms with E-state index in [0.29, 0.717) is 28.2 Å². The Morgan fingerprint density at radius 1 is 1.20 bits per heavy atom. The van der Waals surface area contributed by atoms with Crippen LogP contribution in [0.3, 0.4) is 0 Å². The second-order valence-corrected chi connectivity index (χ2v) is 8.05. The van der Waals surface area contributed by atoms with Gasteiger partial charge < -0.3 is 19.7 Å². The fraction of sp³-hybridized carbons (Fsp3) is 0.182. The number of imidazole rings is 1. The van der Waals surface area contributed by atoms with Gasteiger partial charge in [-0.15, -0.1) is 0 Å². The van der Waals surface area contributed by atoms with Gasteiger partial charge >= 0.3 is 0 Å². The van der Waals surface area contributed by atoms with Crippen LogP contribution in [0.2, 0.25) is 10.0 Å². The molecule has 1 aliphatic heterocycles. The number of anilines is 2. The van der Waals surface area contributed by atoms with Crippen LogP contribution in [0.25, 0.3) is 22.4 Å². The first-order valence-electron chi connectivity index (χ1n) is 9.49. The summed E-state index contributed by atoms with van der Waals surface area (Å²) < 4.78 is 6.09. The van der Waals surface area contributed by atoms with Gasteiger partial charge in [0.05, 0.1) is 45.0 Å². The molecule has 0 spiro atoms. The summed E-state index contributed by atoms with van der Waals surface area (Å²) >= 11 is 12.3. The number of aromatic amines is 1. The second kappa shape index (κ2) is 7.47. The largest absolute Gasteiger partial charge is 0.488 e. The van der Waals surface area contributed by atoms with Gasteiger partial charge in [-0.1, -0.05) is 35.3 Å². The van der Waals surface area contributed by atoms with E-state index in [0.717, 1.165) is 33.7 Å². The van der Waals surface area contributed by atoms with Gasteiger partial charge in [-0.25, -0.2) is 9.97 Å². The van der Waals surface area contributed by atoms with Crippen molar-refractivity contribution in [3.05, 3.63) is 64.3 Å². The second-order valence-electron chi connectivity index (χ2n) is 7.23. The van der Waals surface area contributed by atoms with Crippen molar-refractivity contribution in [3.63, 3.8) is 0 Å². The monoisotopic (exact) mass is 440 g/mol. The molecule has 30 heavy (non-hydrogen) atoms. The van der Waals surface area contributed by atoms with Crippen molar-refractivity contribution in [2.24, 2.45) is 0 Å². The maximum absolute atomic E-state index is 9.94. The van der Waals surface area contributed by atoms with E-state index < -0.39 is 0 Å². The fourth-order valence-electron chi connectivity index (χ4n) is 3.68. The number of hydrogen-bond acceptors (Lipinski definition) is 5. The minimum absolute atomic E-state index is 0.0547. The zero-order valence-electron chi connectivity index (χ0n) is 16.1. The smallest absolute Gasteiger partial charge is 0.154 e. The van der Waals surface area contributed by atoms with E-state index in [2.05, 4.69) is 15.0 Å². The molecule has 2 aromatic heterocycles. The van der Waals surface area contributed by atoms with E-state index in [1.54, 1.807) is 12.1 Å². The van der Waals surface area contributed by atoms with Gasteiger partial charge in [0.2, 0.25) is 0 Å². The SMILES string of the molecule is Cc1ccc(N2c3cccc(-c4nc5cc(Cl)c(Cl)cc5[nH]4)c3OCC2CO)nc1. The molecule has 1 atom stereocenters. The molecule has 3 heterocycles. The molecule has 5 rings (SSSR count). The zero-order chi connectivity index (χ0) is 20.8. The Morgan fingerprint density at radius 3 is 2.80 bits per heavy atom. The molecule has 0 radical (unpaired) electrons. The summed E-state index contributed by atoms with van der Waals surface area (Å²) in [6.45, 7) is 2.26. The van der Waals surface area contributed by atoms with Crippen molar-refractivity contribution in [2.75, 3.05) is 18.1 Å². The average molecular weight is 441 g/mol. The van der Waals surface area contributed by atoms with Gasteiger partial charge in [-0.05, 0) is 42.8 Å². The molecule has 2 aromatic carbocycles. The Bertz CT molecular complexity index is 1200. The highest BCUT2D eigenvalue weighted by molar-refractivity contribution is 6.42. The Kier molecular flexibility index (Phi) is 4.77. The lowest BCUT2D eigenvalue weighted by Gasteiger charge is -2.37. The van der Waals surface area contributed by atoms with Gasteiger partial charge in [0.1, 0.15) is 18.2 Å². The summed E-state index contributed by atoms with van der Waals surface area (Å²) in [5.41, 5.74) is 4.22. The van der Waals surface area contributed by atoms with Crippen molar-refractivity contribution in [1.82, 2.24) is 15.0 Å². The first-order chi connectivity index (χ1) is 14.5. The molecule has 2 N–H and O–H groups in total. The van der Waals surface area contributed by atoms with Gasteiger partial charge in [-0.3, -0.25) is 0 Å². The fourth-order valence-corrected chi connectivity index (χ4v) is 4.00. The molecule has 0 bridgehead atoms. The standard InChI is InChI=1S/C22H18Cl2N4O2/c1-12-5-6-20(25-9-12)28-13(10-29)11-30-21-14(3-2-4-19(21)28)22-26-17-7-15(23)16(24)8-18(17)27-22/h2-9,13,29H,10-11H2,1H3,(H,26,27). The van der Waals surface area contributed by atoms with E-state index in [1.165, 1.54) is 0 Å². The van der Waals surface area contributed by atoms with Crippen molar-refractivity contribution in [3.8, 4) is 17.1 Å². The van der Waals surface area contributed by atoms with E-state index >= 15 is 0 Å². The lowest BCUT2D eigenvalue weighted by Crippen LogP contribution is -2.43. The minimum atomic E-state index is -0.240. The summed E-state index contributed by atoms with van der Waals surface area (Å²) in [5, 5.41) is 10.9. The third kappa shape index (κ3) is 3.17. The van der Waals surface area contributed by atoms with Crippen LogP contribution in [-0.4, -0.2) is 39.3 Å². The number of para-hydroxylation sites is 1. The van der Waals surface area contributed by atoms with Crippen LogP contribution in [-0.2, 0) is 0 Å². The summed E-state index contributed by atoms with van der Waals surface area (Å²) in [7, 11) is 0. The summed E-state index contributed by atoms with van der Waals surface area (Å²) in [6, 6.07) is 13.0. The summed E-state index contributed by atoms with van der Waals surface area (Å²) in [4.78, 5) is 14.6. The van der Waals surface area contributed by atoms with Gasteiger partial charge in [0, 0.05) is 6.20 Å². The first kappa shape index (κ1) is 19.2. The molecule has 0 aliphatic carbocycles. The van der Waals surface area contributed by atoms with Crippen molar-refractivity contribution < 1.29 is 9.84 Å². The number of halogens is 2. The zero-order valence-corrected chi connectivity index (χ0v) is 17.6. The van der Waals surface area contributed by atoms with Gasteiger partial charge in [-0.2, -0.15) is 0 Å². The number of fused-ring (bicyclic) bond motifs is 2. The molecule has 0 fully saturated rings. The molecular weight excluding hydrogens is 423 g/mol. The molecule has 152 valence electrons. The number of rotatable bonds is 3. The van der Waals surface area contributed by atoms with Crippen LogP contribution in [0.1, 0.15) is 5.56 Å².